The predicted octanol–water partition coefficient (Wildman–Crippen LogP) is 2.73. The molecule has 0 fully saturated rings. The summed E-state index contributed by atoms with van der Waals surface area (Å²) in [5, 5.41) is 6.98. The third-order valence-corrected chi connectivity index (χ3v) is 4.66. The van der Waals surface area contributed by atoms with Crippen LogP contribution < -0.4 is 15.8 Å². The number of carbonyl (C=O) groups excluding carboxylic acids is 1. The van der Waals surface area contributed by atoms with E-state index in [9.17, 15) is 13.6 Å². The fraction of sp³-hybridized carbons (Fsp3) is 0.368. The van der Waals surface area contributed by atoms with Gasteiger partial charge in [0.2, 0.25) is 11.9 Å². The molecule has 0 aliphatic carbocycles. The quantitative estimate of drug-likeness (QED) is 0.627. The number of para-hydroxylation sites is 1. The molecular weight excluding hydrogens is 382 g/mol. The second-order valence-electron chi connectivity index (χ2n) is 6.56. The fourth-order valence-electron chi connectivity index (χ4n) is 3.26. The van der Waals surface area contributed by atoms with E-state index in [0.29, 0.717) is 34.7 Å². The van der Waals surface area contributed by atoms with Gasteiger partial charge >= 0.3 is 6.61 Å². The first-order chi connectivity index (χ1) is 13.8. The van der Waals surface area contributed by atoms with Crippen LogP contribution in [0.5, 0.6) is 5.75 Å². The summed E-state index contributed by atoms with van der Waals surface area (Å²) in [6.45, 7) is 2.50. The lowest BCUT2D eigenvalue weighted by atomic mass is 10.0. The zero-order valence-corrected chi connectivity index (χ0v) is 16.3. The standard InChI is InChI=1S/C19H22F2N6O2/c1-4-14(12-7-5-6-8-15(12)29-17(20)21)24-16(28)9-13-10(2)23-19-25-18(22)26-27(19)11(13)3/h5-8,14,17H,4,9H2,1-3H3,(H2,22,26)(H,24,28). The van der Waals surface area contributed by atoms with Crippen LogP contribution in [0.1, 0.15) is 41.9 Å². The average Bonchev–Trinajstić information content (AvgIpc) is 3.03. The summed E-state index contributed by atoms with van der Waals surface area (Å²) in [6.07, 6.45) is 0.555. The maximum atomic E-state index is 12.7. The van der Waals surface area contributed by atoms with Gasteiger partial charge in [-0.25, -0.2) is 4.98 Å². The summed E-state index contributed by atoms with van der Waals surface area (Å²) < 4.78 is 31.5. The number of hydrogen-bond acceptors (Lipinski definition) is 6. The van der Waals surface area contributed by atoms with Crippen molar-refractivity contribution in [3.8, 4) is 5.75 Å². The number of anilines is 1. The van der Waals surface area contributed by atoms with Crippen molar-refractivity contribution in [3.05, 3.63) is 46.8 Å². The monoisotopic (exact) mass is 404 g/mol. The van der Waals surface area contributed by atoms with Gasteiger partial charge in [-0.2, -0.15) is 18.3 Å². The molecule has 0 radical (unpaired) electrons. The number of benzene rings is 1. The van der Waals surface area contributed by atoms with E-state index in [0.717, 1.165) is 0 Å². The Kier molecular flexibility index (Phi) is 5.90. The van der Waals surface area contributed by atoms with Crippen molar-refractivity contribution >= 4 is 17.6 Å². The van der Waals surface area contributed by atoms with E-state index in [1.807, 2.05) is 13.8 Å². The van der Waals surface area contributed by atoms with Gasteiger partial charge in [0, 0.05) is 22.5 Å². The first-order valence-corrected chi connectivity index (χ1v) is 9.11. The highest BCUT2D eigenvalue weighted by molar-refractivity contribution is 5.79. The Hall–Kier alpha value is -3.30. The third-order valence-electron chi connectivity index (χ3n) is 4.66. The molecule has 0 saturated carbocycles. The number of aromatic nitrogens is 4. The minimum atomic E-state index is -2.94. The maximum Gasteiger partial charge on any atom is 0.387 e. The Morgan fingerprint density at radius 2 is 2.00 bits per heavy atom. The van der Waals surface area contributed by atoms with Crippen LogP contribution in [0.3, 0.4) is 0 Å². The molecule has 1 amide bonds. The third kappa shape index (κ3) is 4.41. The van der Waals surface area contributed by atoms with E-state index in [4.69, 9.17) is 5.73 Å². The molecule has 0 aliphatic heterocycles. The summed E-state index contributed by atoms with van der Waals surface area (Å²) >= 11 is 0. The van der Waals surface area contributed by atoms with Crippen molar-refractivity contribution in [1.82, 2.24) is 24.9 Å². The lowest BCUT2D eigenvalue weighted by molar-refractivity contribution is -0.121. The minimum Gasteiger partial charge on any atom is -0.434 e. The van der Waals surface area contributed by atoms with Gasteiger partial charge in [-0.3, -0.25) is 4.79 Å². The van der Waals surface area contributed by atoms with Crippen LogP contribution >= 0.6 is 0 Å². The van der Waals surface area contributed by atoms with Crippen molar-refractivity contribution in [3.63, 3.8) is 0 Å². The molecule has 2 aromatic heterocycles. The summed E-state index contributed by atoms with van der Waals surface area (Å²) in [5.41, 5.74) is 8.18. The number of carbonyl (C=O) groups is 1. The second kappa shape index (κ2) is 8.38. The van der Waals surface area contributed by atoms with Crippen molar-refractivity contribution < 1.29 is 18.3 Å². The Morgan fingerprint density at radius 1 is 1.28 bits per heavy atom. The summed E-state index contributed by atoms with van der Waals surface area (Å²) in [4.78, 5) is 21.1. The molecule has 3 rings (SSSR count). The molecule has 0 spiro atoms. The zero-order chi connectivity index (χ0) is 21.1. The van der Waals surface area contributed by atoms with E-state index in [-0.39, 0.29) is 24.0 Å². The molecule has 1 unspecified atom stereocenters. The Morgan fingerprint density at radius 3 is 2.69 bits per heavy atom. The number of aryl methyl sites for hydroxylation is 2. The summed E-state index contributed by atoms with van der Waals surface area (Å²) in [5.74, 6) is 0.238. The summed E-state index contributed by atoms with van der Waals surface area (Å²) in [6, 6.07) is 5.96. The molecule has 0 bridgehead atoms. The molecule has 0 aliphatic rings. The van der Waals surface area contributed by atoms with Crippen LogP contribution in [0.2, 0.25) is 0 Å². The molecule has 154 valence electrons. The smallest absolute Gasteiger partial charge is 0.387 e. The number of nitrogens with two attached hydrogens (primary N) is 1. The van der Waals surface area contributed by atoms with Crippen molar-refractivity contribution in [2.45, 2.75) is 46.3 Å². The van der Waals surface area contributed by atoms with Crippen molar-refractivity contribution in [2.24, 2.45) is 0 Å². The SMILES string of the molecule is CCC(NC(=O)Cc1c(C)nc2nc(N)nn2c1C)c1ccccc1OC(F)F. The Balaban J connectivity index is 1.82. The number of nitrogens with zero attached hydrogens (tertiary/aromatic N) is 4. The first kappa shape index (κ1) is 20.4. The van der Waals surface area contributed by atoms with E-state index in [1.54, 1.807) is 25.1 Å². The number of fused-ring (bicyclic) bond motifs is 1. The Labute approximate surface area is 166 Å². The van der Waals surface area contributed by atoms with Gasteiger partial charge in [0.25, 0.3) is 5.78 Å². The van der Waals surface area contributed by atoms with Crippen molar-refractivity contribution in [1.29, 1.82) is 0 Å². The van der Waals surface area contributed by atoms with E-state index < -0.39 is 12.7 Å². The van der Waals surface area contributed by atoms with Crippen molar-refractivity contribution in [2.75, 3.05) is 5.73 Å². The number of hydrogen-bond donors (Lipinski definition) is 2. The number of amides is 1. The van der Waals surface area contributed by atoms with Crippen LogP contribution in [0.4, 0.5) is 14.7 Å². The van der Waals surface area contributed by atoms with Crippen LogP contribution in [0.25, 0.3) is 5.78 Å². The van der Waals surface area contributed by atoms with Crippen LogP contribution in [0, 0.1) is 13.8 Å². The molecule has 1 atom stereocenters. The van der Waals surface area contributed by atoms with E-state index in [1.165, 1.54) is 10.6 Å². The molecule has 2 heterocycles. The molecule has 8 nitrogen and oxygen atoms in total. The topological polar surface area (TPSA) is 107 Å². The highest BCUT2D eigenvalue weighted by Crippen LogP contribution is 2.28. The van der Waals surface area contributed by atoms with Gasteiger partial charge in [-0.1, -0.05) is 25.1 Å². The number of ether oxygens (including phenoxy) is 1. The normalized spacial score (nSPS) is 12.3. The van der Waals surface area contributed by atoms with Crippen LogP contribution in [0.15, 0.2) is 24.3 Å². The van der Waals surface area contributed by atoms with Gasteiger partial charge in [0.1, 0.15) is 5.75 Å². The molecule has 3 aromatic rings. The zero-order valence-electron chi connectivity index (χ0n) is 16.3. The second-order valence-corrected chi connectivity index (χ2v) is 6.56. The fourth-order valence-corrected chi connectivity index (χ4v) is 3.26. The molecule has 10 heteroatoms. The lowest BCUT2D eigenvalue weighted by Gasteiger charge is -2.21. The predicted molar refractivity (Wildman–Crippen MR) is 103 cm³/mol. The number of alkyl halides is 2. The highest BCUT2D eigenvalue weighted by Gasteiger charge is 2.21. The molecule has 1 aromatic carbocycles. The molecule has 0 saturated heterocycles. The van der Waals surface area contributed by atoms with Gasteiger partial charge in [0.15, 0.2) is 0 Å². The number of halogens is 2. The molecule has 3 N–H and O–H groups in total. The van der Waals surface area contributed by atoms with Crippen LogP contribution in [-0.4, -0.2) is 32.1 Å². The minimum absolute atomic E-state index is 0.0446. The van der Waals surface area contributed by atoms with Gasteiger partial charge in [0.05, 0.1) is 12.5 Å². The first-order valence-electron chi connectivity index (χ1n) is 9.11. The molecular formula is C19H22F2N6O2. The van der Waals surface area contributed by atoms with Gasteiger partial charge in [-0.15, -0.1) is 5.10 Å². The van der Waals surface area contributed by atoms with E-state index >= 15 is 0 Å². The lowest BCUT2D eigenvalue weighted by Crippen LogP contribution is -2.30. The van der Waals surface area contributed by atoms with E-state index in [2.05, 4.69) is 25.1 Å². The van der Waals surface area contributed by atoms with Gasteiger partial charge in [-0.05, 0) is 26.3 Å². The average molecular weight is 404 g/mol. The number of nitrogens with one attached hydrogen (secondary N) is 1. The number of rotatable bonds is 7. The highest BCUT2D eigenvalue weighted by atomic mass is 19.3. The number of nitrogen functional groups attached to an aromatic ring is 1. The van der Waals surface area contributed by atoms with Gasteiger partial charge < -0.3 is 15.8 Å². The maximum absolute atomic E-state index is 12.7. The Bertz CT molecular complexity index is 1040. The van der Waals surface area contributed by atoms with Crippen LogP contribution in [-0.2, 0) is 11.2 Å². The molecule has 29 heavy (non-hydrogen) atoms. The summed E-state index contributed by atoms with van der Waals surface area (Å²) in [7, 11) is 0. The largest absolute Gasteiger partial charge is 0.434 e.